The van der Waals surface area contributed by atoms with Gasteiger partial charge in [0.05, 0.1) is 6.61 Å². The van der Waals surface area contributed by atoms with Gasteiger partial charge in [-0.25, -0.2) is 19.6 Å². The molecule has 0 aromatic rings. The van der Waals surface area contributed by atoms with Crippen LogP contribution in [0.3, 0.4) is 0 Å². The monoisotopic (exact) mass is 246 g/mol. The molecule has 9 heteroatoms. The van der Waals surface area contributed by atoms with Crippen molar-refractivity contribution >= 4 is 5.96 Å². The summed E-state index contributed by atoms with van der Waals surface area (Å²) in [4.78, 5) is 3.19. The zero-order chi connectivity index (χ0) is 12.6. The molecular weight excluding hydrogens is 232 g/mol. The van der Waals surface area contributed by atoms with E-state index in [-0.39, 0.29) is 12.5 Å². The van der Waals surface area contributed by atoms with Gasteiger partial charge in [-0.05, 0) is 0 Å². The zero-order valence-electron chi connectivity index (χ0n) is 8.64. The van der Waals surface area contributed by atoms with E-state index in [0.717, 1.165) is 0 Å². The van der Waals surface area contributed by atoms with Crippen LogP contribution in [0.5, 0.6) is 0 Å². The van der Waals surface area contributed by atoms with Crippen LogP contribution in [0.2, 0.25) is 0 Å². The minimum Gasteiger partial charge on any atom is -0.383 e. The predicted molar refractivity (Wildman–Crippen MR) is 50.5 cm³/mol. The van der Waals surface area contributed by atoms with Gasteiger partial charge < -0.3 is 10.1 Å². The molecule has 0 bridgehead atoms. The number of rotatable bonds is 6. The van der Waals surface area contributed by atoms with E-state index in [9.17, 15) is 17.6 Å². The zero-order valence-corrected chi connectivity index (χ0v) is 8.64. The summed E-state index contributed by atoms with van der Waals surface area (Å²) in [6.07, 6.45) is -3.76. The normalized spacial score (nSPS) is 13.1. The first kappa shape index (κ1) is 14.9. The van der Waals surface area contributed by atoms with Crippen molar-refractivity contribution in [2.45, 2.75) is 12.3 Å². The van der Waals surface area contributed by atoms with Crippen molar-refractivity contribution in [3.05, 3.63) is 0 Å². The van der Waals surface area contributed by atoms with E-state index < -0.39 is 18.9 Å². The maximum Gasteiger partial charge on any atom is 0.326 e. The molecule has 0 aliphatic heterocycles. The summed E-state index contributed by atoms with van der Waals surface area (Å²) in [5, 5.41) is 2.49. The second-order valence-electron chi connectivity index (χ2n) is 2.79. The number of guanidine groups is 1. The minimum atomic E-state index is -4.16. The number of hydrazine groups is 1. The Kier molecular flexibility index (Phi) is 6.74. The Morgan fingerprint density at radius 2 is 2.12 bits per heavy atom. The van der Waals surface area contributed by atoms with Gasteiger partial charge in [-0.3, -0.25) is 5.43 Å². The highest BCUT2D eigenvalue weighted by atomic mass is 19.3. The molecule has 0 atom stereocenters. The lowest BCUT2D eigenvalue weighted by Crippen LogP contribution is -2.44. The van der Waals surface area contributed by atoms with Crippen LogP contribution in [0.4, 0.5) is 17.6 Å². The van der Waals surface area contributed by atoms with Crippen LogP contribution >= 0.6 is 0 Å². The molecule has 96 valence electrons. The van der Waals surface area contributed by atoms with Crippen LogP contribution in [0.15, 0.2) is 4.99 Å². The van der Waals surface area contributed by atoms with Gasteiger partial charge in [0.25, 0.3) is 0 Å². The van der Waals surface area contributed by atoms with E-state index in [4.69, 9.17) is 5.84 Å². The fourth-order valence-corrected chi connectivity index (χ4v) is 0.678. The fourth-order valence-electron chi connectivity index (χ4n) is 0.678. The van der Waals surface area contributed by atoms with Gasteiger partial charge in [-0.1, -0.05) is 0 Å². The van der Waals surface area contributed by atoms with Gasteiger partial charge in [0.1, 0.15) is 6.54 Å². The van der Waals surface area contributed by atoms with E-state index in [1.54, 1.807) is 0 Å². The number of nitrogens with zero attached hydrogens (tertiary/aromatic N) is 1. The van der Waals surface area contributed by atoms with Crippen molar-refractivity contribution in [1.82, 2.24) is 10.7 Å². The molecule has 0 aliphatic carbocycles. The molecule has 0 saturated carbocycles. The molecule has 0 saturated heterocycles. The first-order chi connectivity index (χ1) is 7.44. The van der Waals surface area contributed by atoms with Crippen LogP contribution in [-0.2, 0) is 4.74 Å². The highest BCUT2D eigenvalue weighted by Gasteiger charge is 2.40. The third-order valence-electron chi connectivity index (χ3n) is 1.50. The topological polar surface area (TPSA) is 71.7 Å². The van der Waals surface area contributed by atoms with Gasteiger partial charge in [-0.15, -0.1) is 0 Å². The molecule has 0 aromatic carbocycles. The molecule has 4 N–H and O–H groups in total. The lowest BCUT2D eigenvalue weighted by Gasteiger charge is -2.14. The number of ether oxygens (including phenoxy) is 1. The number of alkyl halides is 4. The third kappa shape index (κ3) is 5.71. The van der Waals surface area contributed by atoms with Crippen molar-refractivity contribution in [2.24, 2.45) is 10.8 Å². The maximum absolute atomic E-state index is 12.5. The second-order valence-corrected chi connectivity index (χ2v) is 2.79. The number of hydrogen-bond donors (Lipinski definition) is 3. The third-order valence-corrected chi connectivity index (χ3v) is 1.50. The predicted octanol–water partition coefficient (Wildman–Crippen LogP) is -0.0579. The van der Waals surface area contributed by atoms with Crippen molar-refractivity contribution in [3.8, 4) is 0 Å². The van der Waals surface area contributed by atoms with Crippen molar-refractivity contribution < 1.29 is 22.3 Å². The van der Waals surface area contributed by atoms with E-state index in [1.165, 1.54) is 7.11 Å². The summed E-state index contributed by atoms with van der Waals surface area (Å²) in [7, 11) is 1.44. The standard InChI is InChI=1S/C7H14F4N4O/c1-16-3-2-13-6(15-12)14-4-7(10,11)5(8)9/h5H,2-4,12H2,1H3,(H2,13,14,15). The highest BCUT2D eigenvalue weighted by Crippen LogP contribution is 2.22. The number of nitrogens with one attached hydrogen (secondary N) is 2. The van der Waals surface area contributed by atoms with Crippen molar-refractivity contribution in [3.63, 3.8) is 0 Å². The molecule has 0 heterocycles. The smallest absolute Gasteiger partial charge is 0.326 e. The van der Waals surface area contributed by atoms with Gasteiger partial charge >= 0.3 is 12.3 Å². The van der Waals surface area contributed by atoms with E-state index in [2.05, 4.69) is 15.0 Å². The molecule has 0 aliphatic rings. The number of halogens is 4. The molecular formula is C7H14F4N4O. The van der Waals surface area contributed by atoms with E-state index in [1.807, 2.05) is 5.43 Å². The quantitative estimate of drug-likeness (QED) is 0.153. The molecule has 0 unspecified atom stereocenters. The average Bonchev–Trinajstić information content (AvgIpc) is 2.23. The Labute approximate surface area is 90.0 Å². The Morgan fingerprint density at radius 1 is 1.50 bits per heavy atom. The van der Waals surface area contributed by atoms with Crippen molar-refractivity contribution in [2.75, 3.05) is 26.8 Å². The van der Waals surface area contributed by atoms with E-state index >= 15 is 0 Å². The van der Waals surface area contributed by atoms with Crippen LogP contribution < -0.4 is 16.6 Å². The molecule has 0 rings (SSSR count). The lowest BCUT2D eigenvalue weighted by molar-refractivity contribution is -0.120. The van der Waals surface area contributed by atoms with E-state index in [0.29, 0.717) is 6.61 Å². The molecule has 0 aromatic heterocycles. The molecule has 0 fully saturated rings. The summed E-state index contributed by atoms with van der Waals surface area (Å²) in [5.41, 5.74) is 1.98. The Bertz CT molecular complexity index is 224. The fraction of sp³-hybridized carbons (Fsp3) is 0.857. The summed E-state index contributed by atoms with van der Waals surface area (Å²) >= 11 is 0. The maximum atomic E-state index is 12.5. The highest BCUT2D eigenvalue weighted by molar-refractivity contribution is 5.79. The lowest BCUT2D eigenvalue weighted by atomic mass is 10.3. The van der Waals surface area contributed by atoms with Gasteiger partial charge in [0, 0.05) is 13.7 Å². The Morgan fingerprint density at radius 3 is 2.56 bits per heavy atom. The second kappa shape index (κ2) is 7.23. The van der Waals surface area contributed by atoms with Gasteiger partial charge in [-0.2, -0.15) is 8.78 Å². The molecule has 5 nitrogen and oxygen atoms in total. The van der Waals surface area contributed by atoms with Crippen LogP contribution in [-0.4, -0.2) is 45.1 Å². The molecule has 0 radical (unpaired) electrons. The first-order valence-corrected chi connectivity index (χ1v) is 4.34. The minimum absolute atomic E-state index is 0.197. The Hall–Kier alpha value is -1.09. The SMILES string of the molecule is COCCNC(=NCC(F)(F)C(F)F)NN. The summed E-state index contributed by atoms with van der Waals surface area (Å²) < 4.78 is 53.1. The Balaban J connectivity index is 4.15. The summed E-state index contributed by atoms with van der Waals surface area (Å²) in [6, 6.07) is 0. The van der Waals surface area contributed by atoms with Crippen LogP contribution in [0, 0.1) is 0 Å². The molecule has 16 heavy (non-hydrogen) atoms. The van der Waals surface area contributed by atoms with Gasteiger partial charge in [0.2, 0.25) is 5.96 Å². The van der Waals surface area contributed by atoms with Crippen LogP contribution in [0.25, 0.3) is 0 Å². The van der Waals surface area contributed by atoms with Gasteiger partial charge in [0.15, 0.2) is 0 Å². The average molecular weight is 246 g/mol. The first-order valence-electron chi connectivity index (χ1n) is 4.34. The number of methoxy groups -OCH3 is 1. The summed E-state index contributed by atoms with van der Waals surface area (Å²) in [6.45, 7) is -0.782. The molecule has 0 amide bonds. The van der Waals surface area contributed by atoms with Crippen molar-refractivity contribution in [1.29, 1.82) is 0 Å². The number of aliphatic imine (C=N–C) groups is 1. The molecule has 0 spiro atoms. The summed E-state index contributed by atoms with van der Waals surface area (Å²) in [5.74, 6) is 0.585. The number of nitrogens with two attached hydrogens (primary N) is 1. The largest absolute Gasteiger partial charge is 0.383 e. The number of hydrogen-bond acceptors (Lipinski definition) is 3. The van der Waals surface area contributed by atoms with Crippen LogP contribution in [0.1, 0.15) is 0 Å².